The number of ether oxygens (including phenoxy) is 1. The Kier molecular flexibility index (Phi) is 3.43. The van der Waals surface area contributed by atoms with Crippen molar-refractivity contribution in [1.29, 1.82) is 0 Å². The summed E-state index contributed by atoms with van der Waals surface area (Å²) in [5.74, 6) is 0.800. The van der Waals surface area contributed by atoms with Gasteiger partial charge in [0.25, 0.3) is 0 Å². The van der Waals surface area contributed by atoms with Crippen LogP contribution in [0.2, 0.25) is 0 Å². The highest BCUT2D eigenvalue weighted by molar-refractivity contribution is 7.11. The number of anilines is 1. The molecule has 0 aromatic carbocycles. The average molecular weight is 261 g/mol. The smallest absolute Gasteiger partial charge is 0.180 e. The summed E-state index contributed by atoms with van der Waals surface area (Å²) in [5, 5.41) is 6.24. The van der Waals surface area contributed by atoms with Gasteiger partial charge in [0.2, 0.25) is 0 Å². The Morgan fingerprint density at radius 1 is 1.28 bits per heavy atom. The van der Waals surface area contributed by atoms with Crippen LogP contribution in [0.4, 0.5) is 5.69 Å². The first-order valence-electron chi connectivity index (χ1n) is 6.04. The fraction of sp³-hybridized carbons (Fsp3) is 0.308. The molecular weight excluding hydrogens is 246 g/mol. The zero-order chi connectivity index (χ0) is 12.2. The highest BCUT2D eigenvalue weighted by Gasteiger charge is 2.11. The van der Waals surface area contributed by atoms with Crippen molar-refractivity contribution in [1.82, 2.24) is 10.3 Å². The molecule has 1 N–H and O–H groups in total. The monoisotopic (exact) mass is 261 g/mol. The molecule has 0 atom stereocenters. The number of hydrogen-bond acceptors (Lipinski definition) is 5. The predicted molar refractivity (Wildman–Crippen MR) is 73.7 cm³/mol. The van der Waals surface area contributed by atoms with Gasteiger partial charge in [0.15, 0.2) is 5.06 Å². The molecule has 0 bridgehead atoms. The SMILES string of the molecule is c1csc(Oc2cncc(N3CCNCC3)c2)c1. The minimum absolute atomic E-state index is 0.800. The van der Waals surface area contributed by atoms with Gasteiger partial charge < -0.3 is 15.0 Å². The fourth-order valence-corrected chi connectivity index (χ4v) is 2.59. The van der Waals surface area contributed by atoms with Crippen molar-refractivity contribution in [3.05, 3.63) is 36.0 Å². The van der Waals surface area contributed by atoms with Crippen LogP contribution in [0.25, 0.3) is 0 Å². The van der Waals surface area contributed by atoms with Crippen LogP contribution in [-0.4, -0.2) is 31.2 Å². The van der Waals surface area contributed by atoms with Crippen LogP contribution in [0.5, 0.6) is 10.8 Å². The Morgan fingerprint density at radius 3 is 2.94 bits per heavy atom. The number of hydrogen-bond donors (Lipinski definition) is 1. The van der Waals surface area contributed by atoms with E-state index in [2.05, 4.69) is 21.3 Å². The van der Waals surface area contributed by atoms with Crippen molar-refractivity contribution in [2.24, 2.45) is 0 Å². The Morgan fingerprint density at radius 2 is 2.17 bits per heavy atom. The summed E-state index contributed by atoms with van der Waals surface area (Å²) in [5.41, 5.74) is 1.13. The number of nitrogens with zero attached hydrogens (tertiary/aromatic N) is 2. The number of nitrogens with one attached hydrogen (secondary N) is 1. The van der Waals surface area contributed by atoms with Gasteiger partial charge in [0, 0.05) is 32.2 Å². The van der Waals surface area contributed by atoms with Crippen LogP contribution >= 0.6 is 11.3 Å². The zero-order valence-corrected chi connectivity index (χ0v) is 10.8. The van der Waals surface area contributed by atoms with Gasteiger partial charge >= 0.3 is 0 Å². The van der Waals surface area contributed by atoms with Crippen molar-refractivity contribution in [3.63, 3.8) is 0 Å². The molecule has 2 aromatic rings. The van der Waals surface area contributed by atoms with E-state index in [-0.39, 0.29) is 0 Å². The van der Waals surface area contributed by atoms with E-state index in [1.54, 1.807) is 17.5 Å². The third kappa shape index (κ3) is 2.63. The maximum atomic E-state index is 5.76. The molecule has 1 fully saturated rings. The van der Waals surface area contributed by atoms with E-state index in [9.17, 15) is 0 Å². The molecule has 1 aliphatic rings. The molecule has 0 saturated carbocycles. The highest BCUT2D eigenvalue weighted by Crippen LogP contribution is 2.28. The van der Waals surface area contributed by atoms with E-state index in [4.69, 9.17) is 4.74 Å². The van der Waals surface area contributed by atoms with Crippen LogP contribution in [0.3, 0.4) is 0 Å². The van der Waals surface area contributed by atoms with Crippen LogP contribution in [0.15, 0.2) is 36.0 Å². The molecule has 3 rings (SSSR count). The second-order valence-corrected chi connectivity index (χ2v) is 5.06. The van der Waals surface area contributed by atoms with Gasteiger partial charge in [-0.15, -0.1) is 11.3 Å². The van der Waals surface area contributed by atoms with Gasteiger partial charge in [-0.05, 0) is 17.5 Å². The molecule has 94 valence electrons. The van der Waals surface area contributed by atoms with E-state index in [0.29, 0.717) is 0 Å². The predicted octanol–water partition coefficient (Wildman–Crippen LogP) is 2.34. The summed E-state index contributed by atoms with van der Waals surface area (Å²) in [6.45, 7) is 4.08. The third-order valence-electron chi connectivity index (χ3n) is 2.89. The van der Waals surface area contributed by atoms with Gasteiger partial charge in [-0.3, -0.25) is 4.98 Å². The van der Waals surface area contributed by atoms with E-state index >= 15 is 0 Å². The lowest BCUT2D eigenvalue weighted by Crippen LogP contribution is -2.43. The maximum Gasteiger partial charge on any atom is 0.180 e. The number of aromatic nitrogens is 1. The van der Waals surface area contributed by atoms with Gasteiger partial charge in [-0.1, -0.05) is 0 Å². The summed E-state index contributed by atoms with van der Waals surface area (Å²) >= 11 is 1.59. The topological polar surface area (TPSA) is 37.4 Å². The summed E-state index contributed by atoms with van der Waals surface area (Å²) in [4.78, 5) is 6.58. The van der Waals surface area contributed by atoms with Crippen LogP contribution < -0.4 is 15.0 Å². The first kappa shape index (κ1) is 11.5. The van der Waals surface area contributed by atoms with Crippen LogP contribution in [0.1, 0.15) is 0 Å². The normalized spacial score (nSPS) is 15.7. The number of thiophene rings is 1. The molecule has 18 heavy (non-hydrogen) atoms. The van der Waals surface area contributed by atoms with Crippen molar-refractivity contribution >= 4 is 17.0 Å². The first-order valence-corrected chi connectivity index (χ1v) is 6.92. The summed E-state index contributed by atoms with van der Waals surface area (Å²) in [7, 11) is 0. The minimum atomic E-state index is 0.800. The molecule has 0 amide bonds. The van der Waals surface area contributed by atoms with Gasteiger partial charge in [-0.2, -0.15) is 0 Å². The molecular formula is C13H15N3OS. The second-order valence-electron chi connectivity index (χ2n) is 4.15. The summed E-state index contributed by atoms with van der Waals surface area (Å²) < 4.78 is 5.76. The largest absolute Gasteiger partial charge is 0.445 e. The lowest BCUT2D eigenvalue weighted by molar-refractivity contribution is 0.493. The van der Waals surface area contributed by atoms with E-state index in [1.165, 1.54) is 0 Å². The van der Waals surface area contributed by atoms with Crippen molar-refractivity contribution in [3.8, 4) is 10.8 Å². The Labute approximate surface area is 110 Å². The standard InChI is InChI=1S/C13H15N3OS/c1-2-13(18-7-1)17-12-8-11(9-15-10-12)16-5-3-14-4-6-16/h1-2,7-10,14H,3-6H2. The molecule has 3 heterocycles. The van der Waals surface area contributed by atoms with Crippen LogP contribution in [0, 0.1) is 0 Å². The van der Waals surface area contributed by atoms with Crippen molar-refractivity contribution < 1.29 is 4.74 Å². The number of pyridine rings is 1. The highest BCUT2D eigenvalue weighted by atomic mass is 32.1. The van der Waals surface area contributed by atoms with E-state index in [0.717, 1.165) is 42.7 Å². The second kappa shape index (κ2) is 5.37. The Hall–Kier alpha value is -1.59. The molecule has 1 saturated heterocycles. The van der Waals surface area contributed by atoms with E-state index < -0.39 is 0 Å². The van der Waals surface area contributed by atoms with Crippen LogP contribution in [-0.2, 0) is 0 Å². The van der Waals surface area contributed by atoms with Crippen molar-refractivity contribution in [2.75, 3.05) is 31.1 Å². The molecule has 0 radical (unpaired) electrons. The van der Waals surface area contributed by atoms with Gasteiger partial charge in [0.05, 0.1) is 18.1 Å². The third-order valence-corrected chi connectivity index (χ3v) is 3.64. The summed E-state index contributed by atoms with van der Waals surface area (Å²) in [6.07, 6.45) is 3.65. The van der Waals surface area contributed by atoms with Gasteiger partial charge in [0.1, 0.15) is 5.75 Å². The molecule has 1 aliphatic heterocycles. The molecule has 0 spiro atoms. The number of rotatable bonds is 3. The van der Waals surface area contributed by atoms with E-state index in [1.807, 2.05) is 23.7 Å². The lowest BCUT2D eigenvalue weighted by atomic mass is 10.3. The molecule has 0 unspecified atom stereocenters. The van der Waals surface area contributed by atoms with Crippen molar-refractivity contribution in [2.45, 2.75) is 0 Å². The molecule has 4 nitrogen and oxygen atoms in total. The summed E-state index contributed by atoms with van der Waals surface area (Å²) in [6, 6.07) is 5.99. The first-order chi connectivity index (χ1) is 8.92. The Bertz CT molecular complexity index is 495. The maximum absolute atomic E-state index is 5.76. The van der Waals surface area contributed by atoms with Gasteiger partial charge in [-0.25, -0.2) is 0 Å². The Balaban J connectivity index is 1.76. The lowest BCUT2D eigenvalue weighted by Gasteiger charge is -2.29. The minimum Gasteiger partial charge on any atom is -0.445 e. The molecule has 5 heteroatoms. The average Bonchev–Trinajstić information content (AvgIpc) is 2.93. The molecule has 2 aromatic heterocycles. The fourth-order valence-electron chi connectivity index (χ4n) is 2.00. The quantitative estimate of drug-likeness (QED) is 0.920. The molecule has 0 aliphatic carbocycles. The number of piperazine rings is 1. The zero-order valence-electron chi connectivity index (χ0n) is 10.0.